The Morgan fingerprint density at radius 3 is 2.86 bits per heavy atom. The number of fused-ring (bicyclic) bond motifs is 1. The number of aliphatic hydroxyl groups is 1. The predicted octanol–water partition coefficient (Wildman–Crippen LogP) is -2.33. The monoisotopic (exact) mass is 542 g/mol. The summed E-state index contributed by atoms with van der Waals surface area (Å²) in [6, 6.07) is -0.994. The van der Waals surface area contributed by atoms with Crippen molar-refractivity contribution in [3.8, 4) is 0 Å². The number of β-lactam (4-membered cyclic amide) rings is 1. The number of tetrazole rings is 1. The molecular weight excluding hydrogens is 524 g/mol. The van der Waals surface area contributed by atoms with E-state index in [0.717, 1.165) is 32.8 Å². The number of carboxylic acid groups (broad SMARTS) is 1. The number of nitrogen functional groups attached to an aromatic ring is 2. The molecule has 16 nitrogen and oxygen atoms in total. The van der Waals surface area contributed by atoms with Crippen molar-refractivity contribution in [1.82, 2.24) is 35.5 Å². The summed E-state index contributed by atoms with van der Waals surface area (Å²) in [5.41, 5.74) is 5.87. The third-order valence-corrected chi connectivity index (χ3v) is 7.73. The molecule has 2 atom stereocenters. The van der Waals surface area contributed by atoms with Crippen molar-refractivity contribution in [2.45, 2.75) is 16.6 Å². The summed E-state index contributed by atoms with van der Waals surface area (Å²) in [5.74, 6) is 3.45. The van der Waals surface area contributed by atoms with E-state index in [1.807, 2.05) is 0 Å². The van der Waals surface area contributed by atoms with E-state index in [0.29, 0.717) is 11.3 Å². The van der Waals surface area contributed by atoms with E-state index in [2.05, 4.69) is 31.0 Å². The molecule has 186 valence electrons. The van der Waals surface area contributed by atoms with Crippen LogP contribution in [0.2, 0.25) is 0 Å². The number of oxime groups is 1. The molecule has 2 aromatic rings. The van der Waals surface area contributed by atoms with Crippen LogP contribution in [0.4, 0.5) is 5.13 Å². The van der Waals surface area contributed by atoms with Gasteiger partial charge in [-0.1, -0.05) is 22.0 Å². The number of carbonyl (C=O) groups is 3. The van der Waals surface area contributed by atoms with Gasteiger partial charge in [0, 0.05) is 16.9 Å². The van der Waals surface area contributed by atoms with Crippen LogP contribution in [0.1, 0.15) is 5.69 Å². The third kappa shape index (κ3) is 5.01. The molecule has 0 aliphatic carbocycles. The smallest absolute Gasteiger partial charge is 0.352 e. The van der Waals surface area contributed by atoms with E-state index < -0.39 is 29.2 Å². The topological polar surface area (TPSA) is 237 Å². The lowest BCUT2D eigenvalue weighted by molar-refractivity contribution is -0.150. The molecular formula is C16H18N10O6S3. The second-order valence-corrected chi connectivity index (χ2v) is 9.82. The van der Waals surface area contributed by atoms with Gasteiger partial charge in [0.1, 0.15) is 29.4 Å². The first-order chi connectivity index (χ1) is 16.8. The van der Waals surface area contributed by atoms with Crippen molar-refractivity contribution in [3.63, 3.8) is 0 Å². The van der Waals surface area contributed by atoms with Gasteiger partial charge in [-0.2, -0.15) is 0 Å². The number of carbonyl (C=O) groups excluding carboxylic acids is 2. The summed E-state index contributed by atoms with van der Waals surface area (Å²) < 4.78 is 0. The Hall–Kier alpha value is -3.42. The number of hydrogen-bond donors (Lipinski definition) is 5. The number of thiazole rings is 1. The molecule has 2 aliphatic rings. The molecule has 2 amide bonds. The molecule has 19 heteroatoms. The lowest BCUT2D eigenvalue weighted by Crippen LogP contribution is -2.71. The number of anilines is 1. The summed E-state index contributed by atoms with van der Waals surface area (Å²) in [6.45, 7) is -0.480. The molecule has 1 fully saturated rings. The fourth-order valence-corrected chi connectivity index (χ4v) is 6.02. The number of aromatic nitrogens is 5. The molecule has 1 saturated heterocycles. The number of carboxylic acids is 1. The summed E-state index contributed by atoms with van der Waals surface area (Å²) in [4.78, 5) is 48.8. The van der Waals surface area contributed by atoms with Gasteiger partial charge in [0.15, 0.2) is 10.8 Å². The van der Waals surface area contributed by atoms with Gasteiger partial charge in [0.05, 0.1) is 6.61 Å². The van der Waals surface area contributed by atoms with Gasteiger partial charge in [-0.25, -0.2) is 9.78 Å². The number of nitrogens with zero attached hydrogens (tertiary/aromatic N) is 7. The molecule has 7 N–H and O–H groups in total. The van der Waals surface area contributed by atoms with Crippen LogP contribution in [0.5, 0.6) is 0 Å². The van der Waals surface area contributed by atoms with Crippen LogP contribution in [0.15, 0.2) is 27.0 Å². The maximum absolute atomic E-state index is 12.9. The highest BCUT2D eigenvalue weighted by Gasteiger charge is 2.54. The van der Waals surface area contributed by atoms with E-state index >= 15 is 0 Å². The Morgan fingerprint density at radius 2 is 2.23 bits per heavy atom. The molecule has 0 bridgehead atoms. The molecule has 35 heavy (non-hydrogen) atoms. The summed E-state index contributed by atoms with van der Waals surface area (Å²) in [5, 5.41) is 37.0. The maximum Gasteiger partial charge on any atom is 0.352 e. The number of aliphatic hydroxyl groups excluding tert-OH is 1. The van der Waals surface area contributed by atoms with Crippen LogP contribution in [0.25, 0.3) is 0 Å². The molecule has 2 aromatic heterocycles. The third-order valence-electron chi connectivity index (χ3n) is 4.69. The van der Waals surface area contributed by atoms with Crippen LogP contribution < -0.4 is 16.9 Å². The van der Waals surface area contributed by atoms with E-state index in [4.69, 9.17) is 21.5 Å². The maximum atomic E-state index is 12.9. The SMILES string of the molecule is Nc1nc(C(=NOCCO)C(=O)N[C@@H]2C(=O)N3C(C(=O)O)=C(CSc4nnnn4N)CS[C@@H]23)cs1. The van der Waals surface area contributed by atoms with E-state index in [1.165, 1.54) is 17.1 Å². The summed E-state index contributed by atoms with van der Waals surface area (Å²) in [6.07, 6.45) is 0. The molecule has 4 heterocycles. The zero-order valence-corrected chi connectivity index (χ0v) is 20.0. The van der Waals surface area contributed by atoms with Crippen LogP contribution in [0.3, 0.4) is 0 Å². The molecule has 0 saturated carbocycles. The van der Waals surface area contributed by atoms with Gasteiger partial charge < -0.3 is 31.9 Å². The number of nitrogens with one attached hydrogen (secondary N) is 1. The normalized spacial score (nSPS) is 19.9. The number of rotatable bonds is 10. The quantitative estimate of drug-likeness (QED) is 0.0529. The minimum Gasteiger partial charge on any atom is -0.477 e. The zero-order chi connectivity index (χ0) is 25.1. The van der Waals surface area contributed by atoms with Crippen LogP contribution in [-0.2, 0) is 19.2 Å². The lowest BCUT2D eigenvalue weighted by atomic mass is 10.0. The fraction of sp³-hybridized carbons (Fsp3) is 0.375. The van der Waals surface area contributed by atoms with Crippen molar-refractivity contribution in [3.05, 3.63) is 22.3 Å². The van der Waals surface area contributed by atoms with Crippen molar-refractivity contribution in [2.75, 3.05) is 36.3 Å². The second kappa shape index (κ2) is 10.5. The molecule has 0 unspecified atom stereocenters. The Morgan fingerprint density at radius 1 is 1.43 bits per heavy atom. The molecule has 0 radical (unpaired) electrons. The van der Waals surface area contributed by atoms with Crippen molar-refractivity contribution < 1.29 is 29.4 Å². The van der Waals surface area contributed by atoms with Crippen LogP contribution >= 0.6 is 34.9 Å². The molecule has 0 spiro atoms. The Balaban J connectivity index is 1.49. The average molecular weight is 543 g/mol. The summed E-state index contributed by atoms with van der Waals surface area (Å²) in [7, 11) is 0. The first-order valence-electron chi connectivity index (χ1n) is 9.71. The minimum absolute atomic E-state index is 0.135. The first-order valence-corrected chi connectivity index (χ1v) is 12.6. The predicted molar refractivity (Wildman–Crippen MR) is 124 cm³/mol. The zero-order valence-electron chi connectivity index (χ0n) is 17.6. The van der Waals surface area contributed by atoms with Gasteiger partial charge in [-0.3, -0.25) is 14.5 Å². The number of amides is 2. The van der Waals surface area contributed by atoms with E-state index in [1.54, 1.807) is 0 Å². The Labute approximate surface area is 208 Å². The van der Waals surface area contributed by atoms with Crippen molar-refractivity contribution in [2.24, 2.45) is 5.16 Å². The fourth-order valence-electron chi connectivity index (χ4n) is 3.19. The van der Waals surface area contributed by atoms with Crippen LogP contribution in [0, 0.1) is 0 Å². The number of thioether (sulfide) groups is 2. The summed E-state index contributed by atoms with van der Waals surface area (Å²) >= 11 is 3.51. The van der Waals surface area contributed by atoms with Gasteiger partial charge >= 0.3 is 5.97 Å². The molecule has 2 aliphatic heterocycles. The first kappa shape index (κ1) is 24.7. The van der Waals surface area contributed by atoms with Gasteiger partial charge in [-0.05, 0) is 16.0 Å². The Bertz CT molecular complexity index is 1210. The minimum atomic E-state index is -1.27. The lowest BCUT2D eigenvalue weighted by Gasteiger charge is -2.49. The highest BCUT2D eigenvalue weighted by molar-refractivity contribution is 8.01. The van der Waals surface area contributed by atoms with E-state index in [9.17, 15) is 19.5 Å². The average Bonchev–Trinajstić information content (AvgIpc) is 3.45. The van der Waals surface area contributed by atoms with Gasteiger partial charge in [-0.15, -0.1) is 27.9 Å². The Kier molecular flexibility index (Phi) is 7.38. The van der Waals surface area contributed by atoms with Gasteiger partial charge in [0.2, 0.25) is 5.16 Å². The van der Waals surface area contributed by atoms with Crippen LogP contribution in [-0.4, -0.2) is 100 Å². The number of nitrogens with two attached hydrogens (primary N) is 2. The van der Waals surface area contributed by atoms with Crippen molar-refractivity contribution >= 4 is 63.5 Å². The highest BCUT2D eigenvalue weighted by Crippen LogP contribution is 2.41. The van der Waals surface area contributed by atoms with Gasteiger partial charge in [0.25, 0.3) is 11.8 Å². The van der Waals surface area contributed by atoms with Crippen molar-refractivity contribution in [1.29, 1.82) is 0 Å². The van der Waals surface area contributed by atoms with E-state index in [-0.39, 0.29) is 46.4 Å². The highest BCUT2D eigenvalue weighted by atomic mass is 32.2. The molecule has 0 aromatic carbocycles. The standard InChI is InChI=1S/C16H18N10O6S3/c17-15-19-7(5-34-15)8(22-32-2-1-27)11(28)20-9-12(29)25-10(14(30)31)6(3-33-13(9)25)4-35-16-21-23-24-26(16)18/h5,9,13,27H,1-4,18H2,(H2,17,19)(H,20,28)(H,30,31)/t9-,13+/m1/s1. The number of aliphatic carboxylic acids is 1. The molecule has 4 rings (SSSR count). The largest absolute Gasteiger partial charge is 0.477 e. The second-order valence-electron chi connectivity index (χ2n) is 6.88. The number of hydrogen-bond acceptors (Lipinski definition) is 15.